The number of aromatic nitrogens is 2. The van der Waals surface area contributed by atoms with Gasteiger partial charge in [0.1, 0.15) is 5.41 Å². The van der Waals surface area contributed by atoms with Crippen molar-refractivity contribution >= 4 is 16.9 Å². The fourth-order valence-electron chi connectivity index (χ4n) is 2.80. The third kappa shape index (κ3) is 1.12. The number of aliphatic carboxylic acids is 1. The molecule has 2 aromatic rings. The zero-order chi connectivity index (χ0) is 12.3. The van der Waals surface area contributed by atoms with Crippen LogP contribution in [-0.4, -0.2) is 21.3 Å². The van der Waals surface area contributed by atoms with Crippen LogP contribution in [0.15, 0.2) is 24.3 Å². The number of fused-ring (bicyclic) bond motifs is 1. The molecular formula is C13H14N2O2. The molecule has 1 unspecified atom stereocenters. The number of H-pyrrole nitrogens is 1. The van der Waals surface area contributed by atoms with E-state index in [0.717, 1.165) is 16.6 Å². The third-order valence-corrected chi connectivity index (χ3v) is 3.99. The highest BCUT2D eigenvalue weighted by Crippen LogP contribution is 2.64. The van der Waals surface area contributed by atoms with Gasteiger partial charge in [0.2, 0.25) is 0 Å². The number of para-hydroxylation sites is 1. The number of carboxylic acids is 1. The van der Waals surface area contributed by atoms with Gasteiger partial charge in [-0.2, -0.15) is 5.10 Å². The summed E-state index contributed by atoms with van der Waals surface area (Å²) in [4.78, 5) is 11.6. The van der Waals surface area contributed by atoms with Crippen LogP contribution in [0.1, 0.15) is 26.0 Å². The summed E-state index contributed by atoms with van der Waals surface area (Å²) in [6, 6.07) is 7.62. The minimum atomic E-state index is -0.802. The quantitative estimate of drug-likeness (QED) is 0.832. The van der Waals surface area contributed by atoms with E-state index in [0.29, 0.717) is 6.42 Å². The lowest BCUT2D eigenvalue weighted by Crippen LogP contribution is -2.26. The number of carboxylic acid groups (broad SMARTS) is 1. The van der Waals surface area contributed by atoms with Crippen molar-refractivity contribution in [2.24, 2.45) is 5.41 Å². The zero-order valence-corrected chi connectivity index (χ0v) is 9.82. The Morgan fingerprint density at radius 3 is 2.65 bits per heavy atom. The van der Waals surface area contributed by atoms with Crippen LogP contribution in [0.25, 0.3) is 10.9 Å². The van der Waals surface area contributed by atoms with E-state index in [4.69, 9.17) is 0 Å². The Morgan fingerprint density at radius 2 is 2.06 bits per heavy atom. The number of aromatic amines is 1. The Bertz CT molecular complexity index is 615. The minimum absolute atomic E-state index is 0.214. The molecule has 4 heteroatoms. The van der Waals surface area contributed by atoms with Crippen molar-refractivity contribution in [2.45, 2.75) is 25.7 Å². The molecule has 3 rings (SSSR count). The first-order valence-electron chi connectivity index (χ1n) is 5.66. The molecular weight excluding hydrogens is 216 g/mol. The highest BCUT2D eigenvalue weighted by atomic mass is 16.4. The van der Waals surface area contributed by atoms with Crippen LogP contribution in [0.3, 0.4) is 0 Å². The minimum Gasteiger partial charge on any atom is -0.481 e. The van der Waals surface area contributed by atoms with E-state index in [1.807, 2.05) is 38.1 Å². The van der Waals surface area contributed by atoms with Gasteiger partial charge in [-0.3, -0.25) is 9.89 Å². The van der Waals surface area contributed by atoms with Gasteiger partial charge < -0.3 is 5.11 Å². The zero-order valence-electron chi connectivity index (χ0n) is 9.82. The molecule has 1 aliphatic carbocycles. The molecule has 0 radical (unpaired) electrons. The lowest BCUT2D eigenvalue weighted by molar-refractivity contribution is -0.141. The van der Waals surface area contributed by atoms with E-state index < -0.39 is 11.4 Å². The van der Waals surface area contributed by atoms with Crippen molar-refractivity contribution in [3.8, 4) is 0 Å². The molecule has 1 saturated carbocycles. The van der Waals surface area contributed by atoms with Crippen molar-refractivity contribution in [1.29, 1.82) is 0 Å². The van der Waals surface area contributed by atoms with E-state index in [1.54, 1.807) is 0 Å². The molecule has 1 aromatic heterocycles. The molecule has 2 N–H and O–H groups in total. The van der Waals surface area contributed by atoms with Crippen LogP contribution in [0.4, 0.5) is 0 Å². The lowest BCUT2D eigenvalue weighted by atomic mass is 9.90. The maximum Gasteiger partial charge on any atom is 0.316 e. The van der Waals surface area contributed by atoms with Crippen LogP contribution in [0.5, 0.6) is 0 Å². The Balaban J connectivity index is 2.25. The molecule has 0 spiro atoms. The highest BCUT2D eigenvalue weighted by Gasteiger charge is 2.69. The second-order valence-corrected chi connectivity index (χ2v) is 5.39. The van der Waals surface area contributed by atoms with Gasteiger partial charge in [0.05, 0.1) is 11.2 Å². The lowest BCUT2D eigenvalue weighted by Gasteiger charge is -2.14. The molecule has 88 valence electrons. The van der Waals surface area contributed by atoms with E-state index >= 15 is 0 Å². The summed E-state index contributed by atoms with van der Waals surface area (Å²) in [7, 11) is 0. The fraction of sp³-hybridized carbons (Fsp3) is 0.385. The Morgan fingerprint density at radius 1 is 1.41 bits per heavy atom. The van der Waals surface area contributed by atoms with Crippen molar-refractivity contribution in [3.63, 3.8) is 0 Å². The van der Waals surface area contributed by atoms with Gasteiger partial charge in [0, 0.05) is 5.39 Å². The summed E-state index contributed by atoms with van der Waals surface area (Å²) in [6.45, 7) is 3.97. The van der Waals surface area contributed by atoms with Crippen molar-refractivity contribution < 1.29 is 9.90 Å². The normalized spacial score (nSPS) is 26.0. The summed E-state index contributed by atoms with van der Waals surface area (Å²) in [6.07, 6.45) is 0.654. The summed E-state index contributed by atoms with van der Waals surface area (Å²) < 4.78 is 0. The molecule has 0 saturated heterocycles. The number of hydrogen-bond acceptors (Lipinski definition) is 2. The van der Waals surface area contributed by atoms with Gasteiger partial charge in [-0.25, -0.2) is 0 Å². The van der Waals surface area contributed by atoms with Gasteiger partial charge in [-0.1, -0.05) is 32.0 Å². The average Bonchev–Trinajstić information content (AvgIpc) is 2.70. The maximum absolute atomic E-state index is 11.6. The summed E-state index contributed by atoms with van der Waals surface area (Å²) in [5.41, 5.74) is 0.550. The van der Waals surface area contributed by atoms with E-state index in [-0.39, 0.29) is 5.41 Å². The summed E-state index contributed by atoms with van der Waals surface area (Å²) in [5.74, 6) is -0.767. The predicted molar refractivity (Wildman–Crippen MR) is 63.8 cm³/mol. The standard InChI is InChI=1S/C13H14N2O2/c1-12(2)7-13(12,11(16)17)10-8-5-3-4-6-9(8)14-15-10/h3-6H,7H2,1-2H3,(H,14,15)(H,16,17). The Kier molecular flexibility index (Phi) is 1.75. The predicted octanol–water partition coefficient (Wildman–Crippen LogP) is 2.32. The molecule has 0 aliphatic heterocycles. The van der Waals surface area contributed by atoms with Crippen molar-refractivity contribution in [1.82, 2.24) is 10.2 Å². The molecule has 1 heterocycles. The van der Waals surface area contributed by atoms with E-state index in [2.05, 4.69) is 10.2 Å². The van der Waals surface area contributed by atoms with Gasteiger partial charge in [0.25, 0.3) is 0 Å². The number of nitrogens with one attached hydrogen (secondary N) is 1. The van der Waals surface area contributed by atoms with Crippen LogP contribution in [0.2, 0.25) is 0 Å². The smallest absolute Gasteiger partial charge is 0.316 e. The summed E-state index contributed by atoms with van der Waals surface area (Å²) in [5, 5.41) is 17.5. The van der Waals surface area contributed by atoms with Crippen molar-refractivity contribution in [2.75, 3.05) is 0 Å². The number of rotatable bonds is 2. The van der Waals surface area contributed by atoms with Crippen LogP contribution in [0, 0.1) is 5.41 Å². The first-order valence-corrected chi connectivity index (χ1v) is 5.66. The average molecular weight is 230 g/mol. The largest absolute Gasteiger partial charge is 0.481 e. The monoisotopic (exact) mass is 230 g/mol. The first-order chi connectivity index (χ1) is 7.99. The van der Waals surface area contributed by atoms with Crippen LogP contribution in [-0.2, 0) is 10.2 Å². The highest BCUT2D eigenvalue weighted by molar-refractivity contribution is 5.94. The van der Waals surface area contributed by atoms with E-state index in [1.165, 1.54) is 0 Å². The Labute approximate surface area is 98.6 Å². The number of hydrogen-bond donors (Lipinski definition) is 2. The fourth-order valence-corrected chi connectivity index (χ4v) is 2.80. The van der Waals surface area contributed by atoms with Crippen LogP contribution >= 0.6 is 0 Å². The molecule has 1 aromatic carbocycles. The maximum atomic E-state index is 11.6. The SMILES string of the molecule is CC1(C)CC1(C(=O)O)c1[nH]nc2ccccc12. The number of carbonyl (C=O) groups is 1. The third-order valence-electron chi connectivity index (χ3n) is 3.99. The molecule has 1 atom stereocenters. The Hall–Kier alpha value is -1.84. The van der Waals surface area contributed by atoms with Crippen molar-refractivity contribution in [3.05, 3.63) is 30.0 Å². The van der Waals surface area contributed by atoms with Gasteiger partial charge in [-0.15, -0.1) is 0 Å². The molecule has 17 heavy (non-hydrogen) atoms. The molecule has 1 aliphatic rings. The number of benzene rings is 1. The first kappa shape index (κ1) is 10.3. The van der Waals surface area contributed by atoms with Gasteiger partial charge >= 0.3 is 5.97 Å². The summed E-state index contributed by atoms with van der Waals surface area (Å²) >= 11 is 0. The second-order valence-electron chi connectivity index (χ2n) is 5.39. The van der Waals surface area contributed by atoms with Gasteiger partial charge in [-0.05, 0) is 17.9 Å². The molecule has 0 bridgehead atoms. The molecule has 0 amide bonds. The van der Waals surface area contributed by atoms with E-state index in [9.17, 15) is 9.90 Å². The topological polar surface area (TPSA) is 66.0 Å². The second kappa shape index (κ2) is 2.88. The van der Waals surface area contributed by atoms with Gasteiger partial charge in [0.15, 0.2) is 0 Å². The van der Waals surface area contributed by atoms with Crippen LogP contribution < -0.4 is 0 Å². The molecule has 4 nitrogen and oxygen atoms in total. The number of nitrogens with zero attached hydrogens (tertiary/aromatic N) is 1. The molecule has 1 fully saturated rings.